The maximum Gasteiger partial charge on any atom is 0.248 e. The summed E-state index contributed by atoms with van der Waals surface area (Å²) < 4.78 is 5.65. The zero-order valence-electron chi connectivity index (χ0n) is 21.4. The molecule has 0 saturated carbocycles. The van der Waals surface area contributed by atoms with Crippen molar-refractivity contribution in [2.45, 2.75) is 38.5 Å². The summed E-state index contributed by atoms with van der Waals surface area (Å²) in [6.45, 7) is 5.89. The van der Waals surface area contributed by atoms with E-state index >= 15 is 0 Å². The molecule has 2 aliphatic heterocycles. The molecule has 1 saturated heterocycles. The number of rotatable bonds is 8. The van der Waals surface area contributed by atoms with Gasteiger partial charge in [0.05, 0.1) is 12.6 Å². The number of carbonyl (C=O) groups is 2. The van der Waals surface area contributed by atoms with Crippen LogP contribution >= 0.6 is 11.3 Å². The second-order valence-corrected chi connectivity index (χ2v) is 10.9. The summed E-state index contributed by atoms with van der Waals surface area (Å²) in [4.78, 5) is 33.6. The third kappa shape index (κ3) is 6.12. The molecule has 6 nitrogen and oxygen atoms in total. The van der Waals surface area contributed by atoms with Crippen LogP contribution < -0.4 is 0 Å². The van der Waals surface area contributed by atoms with E-state index in [1.54, 1.807) is 0 Å². The molecule has 2 atom stereocenters. The fourth-order valence-corrected chi connectivity index (χ4v) is 6.40. The Labute approximate surface area is 223 Å². The number of hydrogen-bond donors (Lipinski definition) is 0. The van der Waals surface area contributed by atoms with E-state index in [1.807, 2.05) is 58.4 Å². The van der Waals surface area contributed by atoms with Gasteiger partial charge in [-0.25, -0.2) is 0 Å². The summed E-state index contributed by atoms with van der Waals surface area (Å²) in [5, 5.41) is 2.18. The van der Waals surface area contributed by atoms with E-state index in [1.165, 1.54) is 16.0 Å². The fourth-order valence-electron chi connectivity index (χ4n) is 5.50. The number of ether oxygens (including phenoxy) is 1. The highest BCUT2D eigenvalue weighted by atomic mass is 32.1. The molecule has 0 radical (unpaired) electrons. The number of fused-ring (bicyclic) bond motifs is 1. The molecule has 2 amide bonds. The van der Waals surface area contributed by atoms with Crippen LogP contribution in [0, 0.1) is 0 Å². The monoisotopic (exact) mass is 517 g/mol. The second kappa shape index (κ2) is 12.0. The average Bonchev–Trinajstić information content (AvgIpc) is 3.41. The van der Waals surface area contributed by atoms with Crippen molar-refractivity contribution >= 4 is 23.2 Å². The van der Waals surface area contributed by atoms with Crippen molar-refractivity contribution in [3.05, 3.63) is 93.7 Å². The molecule has 1 aromatic heterocycles. The van der Waals surface area contributed by atoms with Gasteiger partial charge in [-0.15, -0.1) is 11.3 Å². The molecule has 0 N–H and O–H groups in total. The molecule has 37 heavy (non-hydrogen) atoms. The van der Waals surface area contributed by atoms with Crippen LogP contribution in [-0.2, 0) is 27.4 Å². The minimum atomic E-state index is -0.0223. The summed E-state index contributed by atoms with van der Waals surface area (Å²) >= 11 is 1.84. The number of benzene rings is 2. The average molecular weight is 518 g/mol. The molecule has 2 aliphatic rings. The molecule has 3 aromatic rings. The lowest BCUT2D eigenvalue weighted by atomic mass is 9.93. The summed E-state index contributed by atoms with van der Waals surface area (Å²) in [5.41, 5.74) is 3.71. The number of nitrogens with zero attached hydrogens (tertiary/aromatic N) is 3. The first-order valence-corrected chi connectivity index (χ1v) is 14.0. The first-order valence-electron chi connectivity index (χ1n) is 13.1. The van der Waals surface area contributed by atoms with Gasteiger partial charge < -0.3 is 14.5 Å². The van der Waals surface area contributed by atoms with E-state index in [4.69, 9.17) is 4.74 Å². The highest BCUT2D eigenvalue weighted by molar-refractivity contribution is 7.10. The fraction of sp³-hybridized carbons (Fsp3) is 0.400. The van der Waals surface area contributed by atoms with Crippen LogP contribution in [0.15, 0.2) is 72.1 Å². The SMILES string of the molecule is C[C@H]1CN(C(=O)CCN2CCc3sccc3[C@@H]2c2ccccc2)CCN1C(=O)COCc1ccccc1. The molecular formula is C30H35N3O3S. The van der Waals surface area contributed by atoms with Crippen LogP contribution in [0.4, 0.5) is 0 Å². The third-order valence-electron chi connectivity index (χ3n) is 7.43. The van der Waals surface area contributed by atoms with Crippen molar-refractivity contribution in [3.63, 3.8) is 0 Å². The molecule has 0 aliphatic carbocycles. The Hall–Kier alpha value is -3.00. The Morgan fingerprint density at radius 2 is 1.70 bits per heavy atom. The van der Waals surface area contributed by atoms with E-state index in [-0.39, 0.29) is 30.5 Å². The first-order chi connectivity index (χ1) is 18.1. The smallest absolute Gasteiger partial charge is 0.248 e. The topological polar surface area (TPSA) is 53.1 Å². The summed E-state index contributed by atoms with van der Waals surface area (Å²) in [6.07, 6.45) is 1.53. The standard InChI is InChI=1S/C30H35N3O3S/c1-23-20-32(17-18-33(23)29(35)22-36-21-24-8-4-2-5-9-24)28(34)13-16-31-15-12-27-26(14-19-37-27)30(31)25-10-6-3-7-11-25/h2-11,14,19,23,30H,12-13,15-18,20-22H2,1H3/t23-,30-/m0/s1. The molecule has 7 heteroatoms. The summed E-state index contributed by atoms with van der Waals surface area (Å²) in [7, 11) is 0. The Kier molecular flexibility index (Phi) is 8.34. The molecule has 0 bridgehead atoms. The van der Waals surface area contributed by atoms with Crippen molar-refractivity contribution in [2.24, 2.45) is 0 Å². The first kappa shape index (κ1) is 25.6. The summed E-state index contributed by atoms with van der Waals surface area (Å²) in [6, 6.07) is 22.9. The van der Waals surface area contributed by atoms with Gasteiger partial charge in [-0.05, 0) is 41.5 Å². The van der Waals surface area contributed by atoms with E-state index in [0.29, 0.717) is 32.7 Å². The predicted molar refractivity (Wildman–Crippen MR) is 146 cm³/mol. The Morgan fingerprint density at radius 3 is 2.46 bits per heavy atom. The van der Waals surface area contributed by atoms with Gasteiger partial charge in [0.15, 0.2) is 0 Å². The van der Waals surface area contributed by atoms with Crippen LogP contribution in [0.5, 0.6) is 0 Å². The van der Waals surface area contributed by atoms with E-state index in [0.717, 1.165) is 25.1 Å². The van der Waals surface area contributed by atoms with Crippen molar-refractivity contribution in [2.75, 3.05) is 39.3 Å². The van der Waals surface area contributed by atoms with Crippen LogP contribution in [0.3, 0.4) is 0 Å². The van der Waals surface area contributed by atoms with Gasteiger partial charge in [-0.1, -0.05) is 60.7 Å². The van der Waals surface area contributed by atoms with Gasteiger partial charge in [0.25, 0.3) is 0 Å². The van der Waals surface area contributed by atoms with Gasteiger partial charge in [0.2, 0.25) is 11.8 Å². The Bertz CT molecular complexity index is 1180. The summed E-state index contributed by atoms with van der Waals surface area (Å²) in [5.74, 6) is 0.156. The second-order valence-electron chi connectivity index (χ2n) is 9.90. The molecule has 3 heterocycles. The number of amides is 2. The molecule has 5 rings (SSSR count). The zero-order valence-corrected chi connectivity index (χ0v) is 22.2. The molecule has 0 spiro atoms. The van der Waals surface area contributed by atoms with Crippen LogP contribution in [0.25, 0.3) is 0 Å². The van der Waals surface area contributed by atoms with E-state index in [2.05, 4.69) is 46.7 Å². The van der Waals surface area contributed by atoms with Crippen LogP contribution in [-0.4, -0.2) is 71.9 Å². The highest BCUT2D eigenvalue weighted by Gasteiger charge is 2.32. The number of thiophene rings is 1. The van der Waals surface area contributed by atoms with Gasteiger partial charge >= 0.3 is 0 Å². The minimum absolute atomic E-state index is 0.0129. The van der Waals surface area contributed by atoms with Gasteiger partial charge in [0.1, 0.15) is 6.61 Å². The lowest BCUT2D eigenvalue weighted by Crippen LogP contribution is -2.56. The van der Waals surface area contributed by atoms with E-state index in [9.17, 15) is 9.59 Å². The molecule has 194 valence electrons. The lowest BCUT2D eigenvalue weighted by molar-refractivity contribution is -0.146. The van der Waals surface area contributed by atoms with Gasteiger partial charge in [-0.2, -0.15) is 0 Å². The highest BCUT2D eigenvalue weighted by Crippen LogP contribution is 2.37. The van der Waals surface area contributed by atoms with Crippen molar-refractivity contribution in [1.82, 2.24) is 14.7 Å². The van der Waals surface area contributed by atoms with Crippen LogP contribution in [0.1, 0.15) is 41.0 Å². The molecule has 1 fully saturated rings. The zero-order chi connectivity index (χ0) is 25.6. The lowest BCUT2D eigenvalue weighted by Gasteiger charge is -2.40. The predicted octanol–water partition coefficient (Wildman–Crippen LogP) is 4.36. The molecular weight excluding hydrogens is 482 g/mol. The number of hydrogen-bond acceptors (Lipinski definition) is 5. The Balaban J connectivity index is 1.12. The maximum atomic E-state index is 13.2. The minimum Gasteiger partial charge on any atom is -0.367 e. The molecule has 0 unspecified atom stereocenters. The van der Waals surface area contributed by atoms with Crippen molar-refractivity contribution in [1.29, 1.82) is 0 Å². The Morgan fingerprint density at radius 1 is 0.946 bits per heavy atom. The third-order valence-corrected chi connectivity index (χ3v) is 8.43. The van der Waals surface area contributed by atoms with Crippen molar-refractivity contribution in [3.8, 4) is 0 Å². The van der Waals surface area contributed by atoms with Gasteiger partial charge in [-0.3, -0.25) is 14.5 Å². The van der Waals surface area contributed by atoms with Crippen LogP contribution in [0.2, 0.25) is 0 Å². The largest absolute Gasteiger partial charge is 0.367 e. The quantitative estimate of drug-likeness (QED) is 0.446. The van der Waals surface area contributed by atoms with Crippen molar-refractivity contribution < 1.29 is 14.3 Å². The number of carbonyl (C=O) groups excluding carboxylic acids is 2. The number of piperazine rings is 1. The maximum absolute atomic E-state index is 13.2. The van der Waals surface area contributed by atoms with E-state index < -0.39 is 0 Å². The molecule has 2 aromatic carbocycles. The normalized spacial score (nSPS) is 20.0. The van der Waals surface area contributed by atoms with Gasteiger partial charge in [0, 0.05) is 50.1 Å².